The van der Waals surface area contributed by atoms with Crippen LogP contribution in [0, 0.1) is 6.92 Å². The summed E-state index contributed by atoms with van der Waals surface area (Å²) >= 11 is 6.50. The molecule has 0 aliphatic rings. The lowest BCUT2D eigenvalue weighted by molar-refractivity contribution is 0.284. The molecule has 0 heterocycles. The summed E-state index contributed by atoms with van der Waals surface area (Å²) in [4.78, 5) is 0. The highest BCUT2D eigenvalue weighted by Crippen LogP contribution is 2.37. The van der Waals surface area contributed by atoms with E-state index in [0.717, 1.165) is 11.1 Å². The van der Waals surface area contributed by atoms with Crippen molar-refractivity contribution in [2.75, 3.05) is 7.11 Å². The topological polar surface area (TPSA) is 30.5 Å². The molecule has 0 aromatic heterocycles. The Morgan fingerprint density at radius 1 is 0.964 bits per heavy atom. The maximum Gasteiger partial charge on any atom is 0.180 e. The molecule has 4 heteroatoms. The molecule has 1 atom stereocenters. The summed E-state index contributed by atoms with van der Waals surface area (Å²) in [6, 6.07) is 22.7. The van der Waals surface area contributed by atoms with Gasteiger partial charge in [-0.2, -0.15) is 0 Å². The Bertz CT molecular complexity index is 894. The summed E-state index contributed by atoms with van der Waals surface area (Å²) in [6.45, 7) is 5.34. The van der Waals surface area contributed by atoms with Gasteiger partial charge in [0.25, 0.3) is 0 Å². The summed E-state index contributed by atoms with van der Waals surface area (Å²) in [6.07, 6.45) is 0. The maximum absolute atomic E-state index is 6.50. The predicted molar refractivity (Wildman–Crippen MR) is 115 cm³/mol. The third-order valence-corrected chi connectivity index (χ3v) is 4.99. The predicted octanol–water partition coefficient (Wildman–Crippen LogP) is 6.09. The monoisotopic (exact) mass is 395 g/mol. The van der Waals surface area contributed by atoms with Crippen LogP contribution < -0.4 is 14.8 Å². The summed E-state index contributed by atoms with van der Waals surface area (Å²) in [7, 11) is 1.63. The smallest absolute Gasteiger partial charge is 0.180 e. The van der Waals surface area contributed by atoms with Crippen molar-refractivity contribution in [3.05, 3.63) is 94.0 Å². The van der Waals surface area contributed by atoms with E-state index in [9.17, 15) is 0 Å². The number of aryl methyl sites for hydroxylation is 1. The molecule has 28 heavy (non-hydrogen) atoms. The summed E-state index contributed by atoms with van der Waals surface area (Å²) < 4.78 is 11.5. The van der Waals surface area contributed by atoms with Gasteiger partial charge in [0.1, 0.15) is 6.61 Å². The van der Waals surface area contributed by atoms with Gasteiger partial charge in [-0.3, -0.25) is 0 Å². The molecule has 3 aromatic carbocycles. The van der Waals surface area contributed by atoms with Crippen LogP contribution in [0.4, 0.5) is 0 Å². The third-order valence-electron chi connectivity index (χ3n) is 4.70. The number of hydrogen-bond donors (Lipinski definition) is 1. The first-order valence-electron chi connectivity index (χ1n) is 9.40. The van der Waals surface area contributed by atoms with E-state index >= 15 is 0 Å². The highest BCUT2D eigenvalue weighted by molar-refractivity contribution is 6.32. The van der Waals surface area contributed by atoms with E-state index in [1.807, 2.05) is 30.3 Å². The number of benzene rings is 3. The molecule has 0 aliphatic carbocycles. The van der Waals surface area contributed by atoms with Crippen molar-refractivity contribution in [1.82, 2.24) is 5.32 Å². The van der Waals surface area contributed by atoms with E-state index in [2.05, 4.69) is 55.6 Å². The largest absolute Gasteiger partial charge is 0.493 e. The van der Waals surface area contributed by atoms with Gasteiger partial charge in [-0.15, -0.1) is 0 Å². The Labute approximate surface area is 172 Å². The Balaban J connectivity index is 1.67. The van der Waals surface area contributed by atoms with E-state index in [0.29, 0.717) is 29.7 Å². The zero-order chi connectivity index (χ0) is 19.9. The van der Waals surface area contributed by atoms with Gasteiger partial charge in [-0.25, -0.2) is 0 Å². The standard InChI is InChI=1S/C24H26ClNO2/c1-17-9-11-19(12-10-17)16-28-24-22(25)13-20(14-23(24)27-3)15-26-18(2)21-7-5-4-6-8-21/h4-14,18,26H,15-16H2,1-3H3/t18-/m1/s1. The molecule has 0 spiro atoms. The average Bonchev–Trinajstić information content (AvgIpc) is 2.72. The van der Waals surface area contributed by atoms with Crippen LogP contribution in [0.25, 0.3) is 0 Å². The van der Waals surface area contributed by atoms with E-state index < -0.39 is 0 Å². The van der Waals surface area contributed by atoms with Crippen LogP contribution in [-0.2, 0) is 13.2 Å². The number of halogens is 1. The van der Waals surface area contributed by atoms with Gasteiger partial charge < -0.3 is 14.8 Å². The second-order valence-corrected chi connectivity index (χ2v) is 7.30. The molecular weight excluding hydrogens is 370 g/mol. The van der Waals surface area contributed by atoms with Gasteiger partial charge in [-0.1, -0.05) is 71.8 Å². The van der Waals surface area contributed by atoms with Gasteiger partial charge >= 0.3 is 0 Å². The van der Waals surface area contributed by atoms with E-state index in [4.69, 9.17) is 21.1 Å². The van der Waals surface area contributed by atoms with Gasteiger partial charge in [0.05, 0.1) is 12.1 Å². The third kappa shape index (κ3) is 5.28. The Morgan fingerprint density at radius 2 is 1.68 bits per heavy atom. The van der Waals surface area contributed by atoms with E-state index in [1.165, 1.54) is 11.1 Å². The Hall–Kier alpha value is -2.49. The van der Waals surface area contributed by atoms with E-state index in [1.54, 1.807) is 7.11 Å². The minimum absolute atomic E-state index is 0.239. The molecule has 0 aliphatic heterocycles. The van der Waals surface area contributed by atoms with Gasteiger partial charge in [0.2, 0.25) is 0 Å². The fourth-order valence-electron chi connectivity index (χ4n) is 2.99. The average molecular weight is 396 g/mol. The highest BCUT2D eigenvalue weighted by Gasteiger charge is 2.13. The van der Waals surface area contributed by atoms with Crippen LogP contribution in [0.2, 0.25) is 5.02 Å². The molecule has 0 unspecified atom stereocenters. The molecule has 3 rings (SSSR count). The van der Waals surface area contributed by atoms with Crippen molar-refractivity contribution in [1.29, 1.82) is 0 Å². The first-order chi connectivity index (χ1) is 13.6. The summed E-state index contributed by atoms with van der Waals surface area (Å²) in [5.74, 6) is 1.22. The number of ether oxygens (including phenoxy) is 2. The lowest BCUT2D eigenvalue weighted by Gasteiger charge is -2.17. The first-order valence-corrected chi connectivity index (χ1v) is 9.77. The van der Waals surface area contributed by atoms with Gasteiger partial charge in [0, 0.05) is 12.6 Å². The van der Waals surface area contributed by atoms with Crippen molar-refractivity contribution in [3.8, 4) is 11.5 Å². The lowest BCUT2D eigenvalue weighted by Crippen LogP contribution is -2.18. The molecule has 1 N–H and O–H groups in total. The van der Waals surface area contributed by atoms with Crippen molar-refractivity contribution in [2.45, 2.75) is 33.0 Å². The minimum atomic E-state index is 0.239. The van der Waals surface area contributed by atoms with Crippen LogP contribution >= 0.6 is 11.6 Å². The van der Waals surface area contributed by atoms with Gasteiger partial charge in [-0.05, 0) is 42.7 Å². The molecule has 0 amide bonds. The lowest BCUT2D eigenvalue weighted by atomic mass is 10.1. The summed E-state index contributed by atoms with van der Waals surface area (Å²) in [5.41, 5.74) is 4.61. The van der Waals surface area contributed by atoms with Crippen molar-refractivity contribution in [3.63, 3.8) is 0 Å². The molecule has 0 radical (unpaired) electrons. The number of rotatable bonds is 8. The quantitative estimate of drug-likeness (QED) is 0.500. The zero-order valence-electron chi connectivity index (χ0n) is 16.5. The van der Waals surface area contributed by atoms with Crippen molar-refractivity contribution < 1.29 is 9.47 Å². The van der Waals surface area contributed by atoms with Crippen molar-refractivity contribution in [2.24, 2.45) is 0 Å². The number of nitrogens with one attached hydrogen (secondary N) is 1. The number of hydrogen-bond acceptors (Lipinski definition) is 3. The summed E-state index contributed by atoms with van der Waals surface area (Å²) in [5, 5.41) is 4.07. The fourth-order valence-corrected chi connectivity index (χ4v) is 3.27. The van der Waals surface area contributed by atoms with Crippen LogP contribution in [0.5, 0.6) is 11.5 Å². The molecule has 0 fully saturated rings. The molecule has 146 valence electrons. The minimum Gasteiger partial charge on any atom is -0.493 e. The number of methoxy groups -OCH3 is 1. The molecule has 0 bridgehead atoms. The second-order valence-electron chi connectivity index (χ2n) is 6.90. The SMILES string of the molecule is COc1cc(CN[C@H](C)c2ccccc2)cc(Cl)c1OCc1ccc(C)cc1. The maximum atomic E-state index is 6.50. The second kappa shape index (κ2) is 9.63. The molecule has 0 saturated heterocycles. The Morgan fingerprint density at radius 3 is 2.36 bits per heavy atom. The van der Waals surface area contributed by atoms with Crippen LogP contribution in [0.3, 0.4) is 0 Å². The first kappa shape index (κ1) is 20.2. The fraction of sp³-hybridized carbons (Fsp3) is 0.250. The van der Waals surface area contributed by atoms with Crippen LogP contribution in [0.1, 0.15) is 35.2 Å². The highest BCUT2D eigenvalue weighted by atomic mass is 35.5. The van der Waals surface area contributed by atoms with Gasteiger partial charge in [0.15, 0.2) is 11.5 Å². The molecule has 3 nitrogen and oxygen atoms in total. The normalized spacial score (nSPS) is 11.9. The van der Waals surface area contributed by atoms with Crippen molar-refractivity contribution >= 4 is 11.6 Å². The van der Waals surface area contributed by atoms with Crippen LogP contribution in [0.15, 0.2) is 66.7 Å². The molecule has 3 aromatic rings. The molecule has 0 saturated carbocycles. The van der Waals surface area contributed by atoms with E-state index in [-0.39, 0.29) is 6.04 Å². The van der Waals surface area contributed by atoms with Crippen LogP contribution in [-0.4, -0.2) is 7.11 Å². The Kier molecular flexibility index (Phi) is 6.96. The molecular formula is C24H26ClNO2. The zero-order valence-corrected chi connectivity index (χ0v) is 17.3.